The van der Waals surface area contributed by atoms with E-state index in [1.165, 1.54) is 5.56 Å². The zero-order valence-corrected chi connectivity index (χ0v) is 15.2. The Morgan fingerprint density at radius 2 is 1.96 bits per heavy atom. The van der Waals surface area contributed by atoms with E-state index in [2.05, 4.69) is 24.4 Å². The second-order valence-corrected chi connectivity index (χ2v) is 5.98. The van der Waals surface area contributed by atoms with Gasteiger partial charge in [0.05, 0.1) is 0 Å². The Balaban J connectivity index is 0.00000288. The molecule has 0 heterocycles. The van der Waals surface area contributed by atoms with Crippen LogP contribution >= 0.6 is 12.4 Å². The summed E-state index contributed by atoms with van der Waals surface area (Å²) in [4.78, 5) is 11.8. The molecule has 5 heteroatoms. The second-order valence-electron chi connectivity index (χ2n) is 5.98. The summed E-state index contributed by atoms with van der Waals surface area (Å²) in [5, 5.41) is 2.88. The van der Waals surface area contributed by atoms with E-state index in [9.17, 15) is 4.79 Å². The molecule has 2 aromatic rings. The number of hydrogen-bond acceptors (Lipinski definition) is 3. The monoisotopic (exact) mass is 348 g/mol. The zero-order chi connectivity index (χ0) is 16.8. The van der Waals surface area contributed by atoms with Crippen LogP contribution in [0.3, 0.4) is 0 Å². The number of hydrogen-bond donors (Lipinski definition) is 2. The highest BCUT2D eigenvalue weighted by molar-refractivity contribution is 5.91. The number of anilines is 1. The molecule has 0 aliphatic rings. The smallest absolute Gasteiger partial charge is 0.225 e. The molecule has 0 radical (unpaired) electrons. The van der Waals surface area contributed by atoms with Crippen molar-refractivity contribution in [3.8, 4) is 5.75 Å². The van der Waals surface area contributed by atoms with Gasteiger partial charge < -0.3 is 15.8 Å². The minimum atomic E-state index is -0.146. The maximum Gasteiger partial charge on any atom is 0.225 e. The molecule has 4 nitrogen and oxygen atoms in total. The van der Waals surface area contributed by atoms with Crippen LogP contribution in [0, 0.1) is 13.8 Å². The molecule has 2 aromatic carbocycles. The van der Waals surface area contributed by atoms with Crippen LogP contribution in [0.5, 0.6) is 5.75 Å². The van der Waals surface area contributed by atoms with Gasteiger partial charge in [-0.15, -0.1) is 12.4 Å². The summed E-state index contributed by atoms with van der Waals surface area (Å²) in [6.07, 6.45) is 0.311. The molecule has 1 unspecified atom stereocenters. The lowest BCUT2D eigenvalue weighted by Gasteiger charge is -2.12. The first-order chi connectivity index (χ1) is 10.9. The number of carbonyl (C=O) groups is 1. The molecule has 0 fully saturated rings. The van der Waals surface area contributed by atoms with Crippen LogP contribution in [0.1, 0.15) is 30.0 Å². The molecule has 0 saturated carbocycles. The molecule has 130 valence electrons. The number of rotatable bonds is 6. The topological polar surface area (TPSA) is 64.3 Å². The van der Waals surface area contributed by atoms with Crippen LogP contribution in [0.4, 0.5) is 5.69 Å². The lowest BCUT2D eigenvalue weighted by atomic mass is 10.1. The molecule has 0 aliphatic carbocycles. The molecule has 24 heavy (non-hydrogen) atoms. The maximum atomic E-state index is 11.8. The maximum absolute atomic E-state index is 11.8. The van der Waals surface area contributed by atoms with Gasteiger partial charge in [-0.25, -0.2) is 0 Å². The van der Waals surface area contributed by atoms with Crippen LogP contribution in [-0.4, -0.2) is 11.9 Å². The van der Waals surface area contributed by atoms with E-state index in [1.807, 2.05) is 44.2 Å². The molecule has 0 saturated heterocycles. The van der Waals surface area contributed by atoms with Crippen molar-refractivity contribution in [2.75, 3.05) is 5.32 Å². The Kier molecular flexibility index (Phi) is 7.75. The average Bonchev–Trinajstić information content (AvgIpc) is 2.47. The molecule has 0 aromatic heterocycles. The fourth-order valence-corrected chi connectivity index (χ4v) is 2.33. The molecule has 0 spiro atoms. The van der Waals surface area contributed by atoms with Crippen LogP contribution in [0.25, 0.3) is 0 Å². The van der Waals surface area contributed by atoms with Crippen molar-refractivity contribution in [1.29, 1.82) is 0 Å². The molecule has 2 rings (SSSR count). The number of nitrogens with two attached hydrogens (primary N) is 1. The summed E-state index contributed by atoms with van der Waals surface area (Å²) in [6, 6.07) is 13.7. The van der Waals surface area contributed by atoms with Crippen molar-refractivity contribution in [3.63, 3.8) is 0 Å². The zero-order valence-electron chi connectivity index (χ0n) is 14.3. The van der Waals surface area contributed by atoms with Gasteiger partial charge in [0.15, 0.2) is 0 Å². The van der Waals surface area contributed by atoms with E-state index in [-0.39, 0.29) is 24.4 Å². The normalized spacial score (nSPS) is 11.3. The highest BCUT2D eigenvalue weighted by Gasteiger charge is 2.08. The van der Waals surface area contributed by atoms with E-state index in [1.54, 1.807) is 0 Å². The summed E-state index contributed by atoms with van der Waals surface area (Å²) < 4.78 is 5.82. The number of benzene rings is 2. The standard InChI is InChI=1S/C19H24N2O2.ClH/c1-13-5-4-6-16(9-13)12-23-17-7-8-18(14(2)10-17)21-19(22)11-15(3)20;/h4-10,15H,11-12,20H2,1-3H3,(H,21,22);1H. The van der Waals surface area contributed by atoms with Gasteiger partial charge in [-0.1, -0.05) is 29.8 Å². The number of halogens is 1. The number of carbonyl (C=O) groups excluding carboxylic acids is 1. The van der Waals surface area contributed by atoms with Crippen molar-refractivity contribution in [3.05, 3.63) is 59.2 Å². The summed E-state index contributed by atoms with van der Waals surface area (Å²) in [5.41, 5.74) is 9.74. The lowest BCUT2D eigenvalue weighted by Crippen LogP contribution is -2.24. The van der Waals surface area contributed by atoms with Crippen molar-refractivity contribution >= 4 is 24.0 Å². The van der Waals surface area contributed by atoms with Crippen molar-refractivity contribution in [2.24, 2.45) is 5.73 Å². The first-order valence-corrected chi connectivity index (χ1v) is 7.78. The Bertz CT molecular complexity index is 687. The molecule has 1 atom stereocenters. The predicted molar refractivity (Wildman–Crippen MR) is 101 cm³/mol. The van der Waals surface area contributed by atoms with Gasteiger partial charge in [-0.3, -0.25) is 4.79 Å². The highest BCUT2D eigenvalue weighted by Crippen LogP contribution is 2.22. The van der Waals surface area contributed by atoms with Crippen molar-refractivity contribution < 1.29 is 9.53 Å². The minimum absolute atomic E-state index is 0. The molecule has 3 N–H and O–H groups in total. The summed E-state index contributed by atoms with van der Waals surface area (Å²) in [6.45, 7) is 6.35. The third-order valence-electron chi connectivity index (χ3n) is 3.47. The minimum Gasteiger partial charge on any atom is -0.489 e. The van der Waals surface area contributed by atoms with Gasteiger partial charge in [0.1, 0.15) is 12.4 Å². The molecular formula is C19H25ClN2O2. The van der Waals surface area contributed by atoms with E-state index in [4.69, 9.17) is 10.5 Å². The molecular weight excluding hydrogens is 324 g/mol. The largest absolute Gasteiger partial charge is 0.489 e. The van der Waals surface area contributed by atoms with Gasteiger partial charge in [0.2, 0.25) is 5.91 Å². The van der Waals surface area contributed by atoms with Gasteiger partial charge in [-0.05, 0) is 50.1 Å². The Morgan fingerprint density at radius 1 is 1.21 bits per heavy atom. The van der Waals surface area contributed by atoms with E-state index < -0.39 is 0 Å². The lowest BCUT2D eigenvalue weighted by molar-refractivity contribution is -0.116. The number of aryl methyl sites for hydroxylation is 2. The Hall–Kier alpha value is -2.04. The SMILES string of the molecule is Cc1cccc(COc2ccc(NC(=O)CC(C)N)c(C)c2)c1.Cl. The first-order valence-electron chi connectivity index (χ1n) is 7.78. The van der Waals surface area contributed by atoms with Crippen molar-refractivity contribution in [1.82, 2.24) is 0 Å². The summed E-state index contributed by atoms with van der Waals surface area (Å²) >= 11 is 0. The third-order valence-corrected chi connectivity index (χ3v) is 3.47. The number of nitrogens with one attached hydrogen (secondary N) is 1. The predicted octanol–water partition coefficient (Wildman–Crippen LogP) is 3.98. The fourth-order valence-electron chi connectivity index (χ4n) is 2.33. The molecule has 0 aliphatic heterocycles. The number of amides is 1. The second kappa shape index (κ2) is 9.30. The average molecular weight is 349 g/mol. The fraction of sp³-hybridized carbons (Fsp3) is 0.316. The Labute approximate surface area is 149 Å². The van der Waals surface area contributed by atoms with E-state index >= 15 is 0 Å². The highest BCUT2D eigenvalue weighted by atomic mass is 35.5. The third kappa shape index (κ3) is 6.22. The molecule has 0 bridgehead atoms. The Morgan fingerprint density at radius 3 is 2.58 bits per heavy atom. The van der Waals surface area contributed by atoms with Gasteiger partial charge in [0.25, 0.3) is 0 Å². The van der Waals surface area contributed by atoms with Crippen molar-refractivity contribution in [2.45, 2.75) is 39.8 Å². The molecule has 1 amide bonds. The van der Waals surface area contributed by atoms with Gasteiger partial charge in [0, 0.05) is 18.2 Å². The van der Waals surface area contributed by atoms with Crippen LogP contribution in [-0.2, 0) is 11.4 Å². The van der Waals surface area contributed by atoms with E-state index in [0.29, 0.717) is 13.0 Å². The van der Waals surface area contributed by atoms with Gasteiger partial charge >= 0.3 is 0 Å². The van der Waals surface area contributed by atoms with Crippen LogP contribution in [0.15, 0.2) is 42.5 Å². The number of ether oxygens (including phenoxy) is 1. The first kappa shape index (κ1) is 20.0. The van der Waals surface area contributed by atoms with Crippen LogP contribution in [0.2, 0.25) is 0 Å². The summed E-state index contributed by atoms with van der Waals surface area (Å²) in [7, 11) is 0. The quantitative estimate of drug-likeness (QED) is 0.829. The van der Waals surface area contributed by atoms with Gasteiger partial charge in [-0.2, -0.15) is 0 Å². The van der Waals surface area contributed by atoms with Crippen LogP contribution < -0.4 is 15.8 Å². The summed E-state index contributed by atoms with van der Waals surface area (Å²) in [5.74, 6) is 0.714. The van der Waals surface area contributed by atoms with E-state index in [0.717, 1.165) is 22.6 Å².